The van der Waals surface area contributed by atoms with Crippen molar-refractivity contribution >= 4 is 17.7 Å². The predicted octanol–water partition coefficient (Wildman–Crippen LogP) is 1.86. The van der Waals surface area contributed by atoms with Crippen LogP contribution in [0.1, 0.15) is 45.4 Å². The number of amides is 3. The first-order valence-corrected chi connectivity index (χ1v) is 11.0. The molecule has 1 N–H and O–H groups in total. The summed E-state index contributed by atoms with van der Waals surface area (Å²) in [5.41, 5.74) is 2.03. The molecule has 172 valence electrons. The number of hydrogen-bond donors (Lipinski definition) is 1. The average molecular weight is 454 g/mol. The second-order valence-electron chi connectivity index (χ2n) is 8.27. The lowest BCUT2D eigenvalue weighted by Crippen LogP contribution is -2.52. The molecule has 2 aromatic carbocycles. The van der Waals surface area contributed by atoms with Crippen LogP contribution in [0.15, 0.2) is 42.4 Å². The zero-order valence-electron chi connectivity index (χ0n) is 22.1. The summed E-state index contributed by atoms with van der Waals surface area (Å²) in [4.78, 5) is 40.6. The Morgan fingerprint density at radius 2 is 1.88 bits per heavy atom. The molecule has 0 radical (unpaired) electrons. The van der Waals surface area contributed by atoms with Crippen molar-refractivity contribution in [2.75, 3.05) is 26.3 Å². The molecule has 8 heteroatoms. The molecule has 3 amide bonds. The number of carbonyl (C=O) groups is 3. The fraction of sp³-hybridized carbons (Fsp3) is 0.400. The molecule has 2 aromatic rings. The lowest BCUT2D eigenvalue weighted by molar-refractivity contribution is -0.136. The minimum atomic E-state index is -2.03. The van der Waals surface area contributed by atoms with Gasteiger partial charge in [0.1, 0.15) is 18.4 Å². The van der Waals surface area contributed by atoms with Crippen LogP contribution in [0.4, 0.5) is 0 Å². The molecule has 0 bridgehead atoms. The molecule has 3 aliphatic rings. The number of rotatable bonds is 6. The molecule has 3 heterocycles. The second kappa shape index (κ2) is 9.33. The third-order valence-corrected chi connectivity index (χ3v) is 6.06. The summed E-state index contributed by atoms with van der Waals surface area (Å²) in [6.07, 6.45) is -0.277. The van der Waals surface area contributed by atoms with Crippen LogP contribution in [-0.4, -0.2) is 59.8 Å². The van der Waals surface area contributed by atoms with E-state index < -0.39 is 35.8 Å². The van der Waals surface area contributed by atoms with E-state index in [4.69, 9.17) is 15.0 Å². The van der Waals surface area contributed by atoms with E-state index in [0.717, 1.165) is 48.9 Å². The molecule has 2 fully saturated rings. The van der Waals surface area contributed by atoms with Crippen molar-refractivity contribution in [1.29, 1.82) is 0 Å². The van der Waals surface area contributed by atoms with Gasteiger partial charge in [-0.2, -0.15) is 0 Å². The molecular weight excluding hydrogens is 422 g/mol. The highest BCUT2D eigenvalue weighted by atomic mass is 16.5. The quantitative estimate of drug-likeness (QED) is 0.672. The summed E-state index contributed by atoms with van der Waals surface area (Å²) in [7, 11) is 0. The van der Waals surface area contributed by atoms with Crippen LogP contribution in [0, 0.1) is 0 Å². The molecule has 0 aliphatic carbocycles. The molecular formula is C25H27N3O5. The smallest absolute Gasteiger partial charge is 0.255 e. The highest BCUT2D eigenvalue weighted by Crippen LogP contribution is 2.34. The average Bonchev–Trinajstić information content (AvgIpc) is 3.24. The van der Waals surface area contributed by atoms with Crippen LogP contribution in [0.5, 0.6) is 5.75 Å². The highest BCUT2D eigenvalue weighted by molar-refractivity contribution is 6.05. The lowest BCUT2D eigenvalue weighted by Gasteiger charge is -2.29. The molecule has 0 aromatic heterocycles. The van der Waals surface area contributed by atoms with Gasteiger partial charge in [0, 0.05) is 37.2 Å². The normalized spacial score (nSPS) is 25.1. The topological polar surface area (TPSA) is 88.2 Å². The monoisotopic (exact) mass is 453 g/mol. The van der Waals surface area contributed by atoms with Gasteiger partial charge in [0.05, 0.1) is 25.2 Å². The number of nitrogens with zero attached hydrogens (tertiary/aromatic N) is 2. The summed E-state index contributed by atoms with van der Waals surface area (Å²) < 4.78 is 44.8. The maximum absolute atomic E-state index is 13.2. The summed E-state index contributed by atoms with van der Waals surface area (Å²) in [5.74, 6) is -2.20. The van der Waals surface area contributed by atoms with Gasteiger partial charge in [-0.3, -0.25) is 24.6 Å². The van der Waals surface area contributed by atoms with Gasteiger partial charge >= 0.3 is 0 Å². The van der Waals surface area contributed by atoms with Gasteiger partial charge in [0.15, 0.2) is 0 Å². The molecule has 8 nitrogen and oxygen atoms in total. The number of nitrogens with one attached hydrogen (secondary N) is 1. The van der Waals surface area contributed by atoms with E-state index in [-0.39, 0.29) is 48.9 Å². The van der Waals surface area contributed by atoms with Gasteiger partial charge in [-0.15, -0.1) is 0 Å². The Hall–Kier alpha value is -3.23. The fourth-order valence-electron chi connectivity index (χ4n) is 4.23. The molecule has 1 atom stereocenters. The molecule has 0 saturated carbocycles. The Bertz CT molecular complexity index is 1270. The number of fused-ring (bicyclic) bond motifs is 1. The third-order valence-electron chi connectivity index (χ3n) is 6.06. The van der Waals surface area contributed by atoms with Crippen LogP contribution in [0.25, 0.3) is 0 Å². The van der Waals surface area contributed by atoms with Gasteiger partial charge < -0.3 is 14.4 Å². The van der Waals surface area contributed by atoms with Crippen molar-refractivity contribution in [2.24, 2.45) is 0 Å². The van der Waals surface area contributed by atoms with Crippen LogP contribution in [-0.2, 0) is 34.0 Å². The standard InChI is InChI=1S/C25H27N3O5/c29-23-9-8-21(24(30)26-23)28-15-20-19(25(28)31)2-1-3-22(20)33-16-18-6-4-17(5-7-18)14-27-10-12-32-13-11-27/h1-7,21H,8-16H2,(H,26,29,30)/t21-/m1/s1/i1D,2D,3D,21D. The maximum atomic E-state index is 13.2. The minimum absolute atomic E-state index is 0.0138. The Morgan fingerprint density at radius 3 is 2.64 bits per heavy atom. The van der Waals surface area contributed by atoms with Crippen molar-refractivity contribution in [3.8, 4) is 5.75 Å². The van der Waals surface area contributed by atoms with E-state index in [1.54, 1.807) is 0 Å². The Kier molecular flexibility index (Phi) is 4.88. The van der Waals surface area contributed by atoms with Crippen molar-refractivity contribution < 1.29 is 29.3 Å². The van der Waals surface area contributed by atoms with E-state index >= 15 is 0 Å². The van der Waals surface area contributed by atoms with Gasteiger partial charge in [0.2, 0.25) is 11.8 Å². The van der Waals surface area contributed by atoms with Crippen LogP contribution in [0.3, 0.4) is 0 Å². The maximum Gasteiger partial charge on any atom is 0.255 e. The molecule has 33 heavy (non-hydrogen) atoms. The lowest BCUT2D eigenvalue weighted by atomic mass is 10.0. The number of morpholine rings is 1. The van der Waals surface area contributed by atoms with E-state index in [0.29, 0.717) is 0 Å². The number of imide groups is 1. The number of piperidine rings is 1. The van der Waals surface area contributed by atoms with Crippen molar-refractivity contribution in [3.63, 3.8) is 0 Å². The van der Waals surface area contributed by atoms with Gasteiger partial charge in [-0.25, -0.2) is 0 Å². The molecule has 5 rings (SSSR count). The zero-order valence-corrected chi connectivity index (χ0v) is 18.1. The van der Waals surface area contributed by atoms with Crippen LogP contribution >= 0.6 is 0 Å². The summed E-state index contributed by atoms with van der Waals surface area (Å²) in [5, 5.41) is 2.10. The van der Waals surface area contributed by atoms with Gasteiger partial charge in [-0.05, 0) is 29.6 Å². The number of carbonyl (C=O) groups excluding carboxylic acids is 3. The van der Waals surface area contributed by atoms with E-state index in [2.05, 4.69) is 10.2 Å². The first kappa shape index (κ1) is 17.3. The summed E-state index contributed by atoms with van der Waals surface area (Å²) in [6.45, 7) is 3.88. The Morgan fingerprint density at radius 1 is 1.12 bits per heavy atom. The first-order chi connectivity index (χ1) is 17.7. The molecule has 2 saturated heterocycles. The van der Waals surface area contributed by atoms with Crippen molar-refractivity contribution in [1.82, 2.24) is 15.1 Å². The summed E-state index contributed by atoms with van der Waals surface area (Å²) >= 11 is 0. The van der Waals surface area contributed by atoms with Crippen LogP contribution < -0.4 is 10.1 Å². The Labute approximate surface area is 198 Å². The van der Waals surface area contributed by atoms with Crippen molar-refractivity contribution in [2.45, 2.75) is 38.6 Å². The van der Waals surface area contributed by atoms with Gasteiger partial charge in [0.25, 0.3) is 5.91 Å². The Balaban J connectivity index is 1.36. The largest absolute Gasteiger partial charge is 0.489 e. The third kappa shape index (κ3) is 4.62. The van der Waals surface area contributed by atoms with Crippen LogP contribution in [0.2, 0.25) is 0 Å². The molecule has 0 spiro atoms. The number of benzene rings is 2. The molecule has 0 unspecified atom stereocenters. The first-order valence-electron chi connectivity index (χ1n) is 13.0. The summed E-state index contributed by atoms with van der Waals surface area (Å²) in [6, 6.07) is 4.57. The number of hydrogen-bond acceptors (Lipinski definition) is 6. The van der Waals surface area contributed by atoms with E-state index in [1.165, 1.54) is 0 Å². The van der Waals surface area contributed by atoms with E-state index in [9.17, 15) is 14.4 Å². The van der Waals surface area contributed by atoms with Crippen molar-refractivity contribution in [3.05, 3.63) is 64.6 Å². The SMILES string of the molecule is [2H]c1c([2H])c(OCc2ccc(CN3CCOCC3)cc2)c2c(c1[2H])C(=O)N([C@]1([2H])CCC(=O)NC1=O)C2. The highest BCUT2D eigenvalue weighted by Gasteiger charge is 2.40. The number of ether oxygens (including phenoxy) is 2. The minimum Gasteiger partial charge on any atom is -0.489 e. The predicted molar refractivity (Wildman–Crippen MR) is 119 cm³/mol. The fourth-order valence-corrected chi connectivity index (χ4v) is 4.23. The zero-order chi connectivity index (χ0) is 26.3. The second-order valence-corrected chi connectivity index (χ2v) is 8.27. The van der Waals surface area contributed by atoms with E-state index in [1.807, 2.05) is 24.3 Å². The van der Waals surface area contributed by atoms with Gasteiger partial charge in [-0.1, -0.05) is 30.3 Å². The molecule has 3 aliphatic heterocycles.